The molecule has 0 fully saturated rings. The van der Waals surface area contributed by atoms with Crippen molar-refractivity contribution in [3.05, 3.63) is 114 Å². The molecular weight excluding hydrogens is 506 g/mol. The molecule has 9 nitrogen and oxygen atoms in total. The molecule has 0 bridgehead atoms. The second-order valence-corrected chi connectivity index (χ2v) is 9.74. The Morgan fingerprint density at radius 1 is 0.975 bits per heavy atom. The minimum absolute atomic E-state index is 0.168. The molecule has 9 heteroatoms. The van der Waals surface area contributed by atoms with Crippen LogP contribution in [0.15, 0.2) is 91.1 Å². The molecule has 2 aromatic heterocycles. The van der Waals surface area contributed by atoms with Crippen molar-refractivity contribution in [1.29, 1.82) is 0 Å². The molecule has 1 N–H and O–H groups in total. The van der Waals surface area contributed by atoms with Crippen LogP contribution >= 0.6 is 0 Å². The molecule has 2 amide bonds. The molecule has 0 radical (unpaired) electrons. The second-order valence-electron chi connectivity index (χ2n) is 9.74. The molecule has 2 aliphatic rings. The van der Waals surface area contributed by atoms with Gasteiger partial charge in [0, 0.05) is 23.5 Å². The Morgan fingerprint density at radius 2 is 1.82 bits per heavy atom. The number of amides is 2. The van der Waals surface area contributed by atoms with Crippen LogP contribution in [0.4, 0.5) is 10.5 Å². The number of urea groups is 1. The number of rotatable bonds is 4. The van der Waals surface area contributed by atoms with E-state index in [0.29, 0.717) is 23.7 Å². The number of carbonyl (C=O) groups excluding carboxylic acids is 1. The van der Waals surface area contributed by atoms with E-state index in [0.717, 1.165) is 39.8 Å². The average Bonchev–Trinajstić information content (AvgIpc) is 3.70. The lowest BCUT2D eigenvalue weighted by Crippen LogP contribution is -2.38. The number of hydrogen-bond donors (Lipinski definition) is 1. The Hall–Kier alpha value is -5.18. The normalized spacial score (nSPS) is 15.2. The Balaban J connectivity index is 1.38. The van der Waals surface area contributed by atoms with Gasteiger partial charge in [0.05, 0.1) is 36.8 Å². The third-order valence-electron chi connectivity index (χ3n) is 7.38. The third kappa shape index (κ3) is 3.94. The molecule has 200 valence electrons. The zero-order chi connectivity index (χ0) is 27.2. The van der Waals surface area contributed by atoms with Crippen LogP contribution in [-0.2, 0) is 6.54 Å². The van der Waals surface area contributed by atoms with Crippen LogP contribution in [0.1, 0.15) is 28.6 Å². The summed E-state index contributed by atoms with van der Waals surface area (Å²) in [5, 5.41) is 8.00. The number of benzene rings is 3. The van der Waals surface area contributed by atoms with E-state index in [2.05, 4.69) is 16.0 Å². The van der Waals surface area contributed by atoms with Crippen molar-refractivity contribution in [3.63, 3.8) is 0 Å². The summed E-state index contributed by atoms with van der Waals surface area (Å²) < 4.78 is 20.6. The van der Waals surface area contributed by atoms with Crippen molar-refractivity contribution in [2.45, 2.75) is 19.5 Å². The highest BCUT2D eigenvalue weighted by Gasteiger charge is 2.36. The van der Waals surface area contributed by atoms with Gasteiger partial charge >= 0.3 is 6.03 Å². The molecule has 7 rings (SSSR count). The van der Waals surface area contributed by atoms with Gasteiger partial charge in [0.15, 0.2) is 11.5 Å². The van der Waals surface area contributed by atoms with Gasteiger partial charge in [-0.15, -0.1) is 0 Å². The Morgan fingerprint density at radius 3 is 2.67 bits per heavy atom. The smallest absolute Gasteiger partial charge is 0.322 e. The fraction of sp³-hybridized carbons (Fsp3) is 0.161. The van der Waals surface area contributed by atoms with Crippen LogP contribution in [0.3, 0.4) is 0 Å². The van der Waals surface area contributed by atoms with Crippen molar-refractivity contribution in [1.82, 2.24) is 19.2 Å². The first-order chi connectivity index (χ1) is 19.6. The zero-order valence-electron chi connectivity index (χ0n) is 22.1. The monoisotopic (exact) mass is 533 g/mol. The number of fused-ring (bicyclic) bond motifs is 4. The minimum atomic E-state index is -0.407. The lowest BCUT2D eigenvalue weighted by Gasteiger charge is -2.31. The number of methoxy groups -OCH3 is 1. The molecule has 0 saturated carbocycles. The standard InChI is InChI=1S/C31H27N5O4/c1-20-25-18-35(31(37)32-22-13-14-27-28(17-22)40-19-39-27)29(21-8-6-11-24(16-21)38-2)26-12-7-15-34(26)30(25)36(33-20)23-9-4-3-5-10-23/h3-17,29H,18-19H2,1-2H3,(H,32,37)/t29-/m0/s1. The van der Waals surface area contributed by atoms with E-state index in [4.69, 9.17) is 19.3 Å². The van der Waals surface area contributed by atoms with Crippen LogP contribution < -0.4 is 19.5 Å². The van der Waals surface area contributed by atoms with Gasteiger partial charge in [-0.05, 0) is 61.0 Å². The van der Waals surface area contributed by atoms with Gasteiger partial charge in [0.25, 0.3) is 0 Å². The summed E-state index contributed by atoms with van der Waals surface area (Å²) in [6.07, 6.45) is 2.03. The summed E-state index contributed by atoms with van der Waals surface area (Å²) in [5.41, 5.74) is 5.25. The van der Waals surface area contributed by atoms with Crippen LogP contribution in [0.2, 0.25) is 0 Å². The summed E-state index contributed by atoms with van der Waals surface area (Å²) >= 11 is 0. The number of aromatic nitrogens is 3. The number of nitrogens with zero attached hydrogens (tertiary/aromatic N) is 4. The summed E-state index contributed by atoms with van der Waals surface area (Å²) in [5.74, 6) is 2.90. The molecule has 3 aromatic carbocycles. The fourth-order valence-corrected chi connectivity index (χ4v) is 5.48. The van der Waals surface area contributed by atoms with E-state index >= 15 is 0 Å². The van der Waals surface area contributed by atoms with Gasteiger partial charge in [0.2, 0.25) is 6.79 Å². The van der Waals surface area contributed by atoms with Crippen LogP contribution in [0, 0.1) is 6.92 Å². The first kappa shape index (κ1) is 23.9. The maximum absolute atomic E-state index is 14.2. The van der Waals surface area contributed by atoms with Crippen molar-refractivity contribution in [2.24, 2.45) is 0 Å². The lowest BCUT2D eigenvalue weighted by molar-refractivity contribution is 0.174. The number of carbonyl (C=O) groups is 1. The van der Waals surface area contributed by atoms with Crippen LogP contribution in [0.5, 0.6) is 17.2 Å². The van der Waals surface area contributed by atoms with Crippen molar-refractivity contribution >= 4 is 11.7 Å². The molecule has 1 atom stereocenters. The number of para-hydroxylation sites is 1. The van der Waals surface area contributed by atoms with Crippen molar-refractivity contribution in [3.8, 4) is 28.8 Å². The van der Waals surface area contributed by atoms with Gasteiger partial charge in [-0.1, -0.05) is 30.3 Å². The topological polar surface area (TPSA) is 82.8 Å². The Kier molecular flexibility index (Phi) is 5.70. The van der Waals surface area contributed by atoms with Gasteiger partial charge in [-0.2, -0.15) is 5.10 Å². The van der Waals surface area contributed by atoms with E-state index < -0.39 is 6.04 Å². The Labute approximate surface area is 231 Å². The highest BCUT2D eigenvalue weighted by atomic mass is 16.7. The van der Waals surface area contributed by atoms with Crippen LogP contribution in [0.25, 0.3) is 11.5 Å². The van der Waals surface area contributed by atoms with E-state index in [1.54, 1.807) is 19.2 Å². The quantitative estimate of drug-likeness (QED) is 0.314. The molecule has 2 aliphatic heterocycles. The van der Waals surface area contributed by atoms with Gasteiger partial charge < -0.3 is 29.0 Å². The van der Waals surface area contributed by atoms with E-state index in [1.807, 2.05) is 89.4 Å². The average molecular weight is 534 g/mol. The summed E-state index contributed by atoms with van der Waals surface area (Å²) in [6.45, 7) is 2.50. The highest BCUT2D eigenvalue weighted by molar-refractivity contribution is 5.90. The molecule has 0 unspecified atom stereocenters. The molecular formula is C31H27N5O4. The SMILES string of the molecule is COc1cccc([C@H]2c3cccn3-c3c(c(C)nn3-c3ccccc3)CN2C(=O)Nc2ccc3c(c2)OCO3)c1. The van der Waals surface area contributed by atoms with E-state index in [-0.39, 0.29) is 12.8 Å². The van der Waals surface area contributed by atoms with Crippen molar-refractivity contribution < 1.29 is 19.0 Å². The number of aryl methyl sites for hydroxylation is 1. The molecule has 0 saturated heterocycles. The molecule has 0 aliphatic carbocycles. The zero-order valence-corrected chi connectivity index (χ0v) is 22.1. The second kappa shape index (κ2) is 9.53. The maximum atomic E-state index is 14.2. The predicted molar refractivity (Wildman–Crippen MR) is 150 cm³/mol. The number of ether oxygens (including phenoxy) is 3. The number of anilines is 1. The summed E-state index contributed by atoms with van der Waals surface area (Å²) in [4.78, 5) is 16.0. The maximum Gasteiger partial charge on any atom is 0.322 e. The molecule has 4 heterocycles. The van der Waals surface area contributed by atoms with E-state index in [1.165, 1.54) is 0 Å². The molecule has 40 heavy (non-hydrogen) atoms. The summed E-state index contributed by atoms with van der Waals surface area (Å²) in [6, 6.07) is 26.7. The predicted octanol–water partition coefficient (Wildman–Crippen LogP) is 5.85. The molecule has 0 spiro atoms. The van der Waals surface area contributed by atoms with Gasteiger partial charge in [0.1, 0.15) is 11.6 Å². The largest absolute Gasteiger partial charge is 0.497 e. The van der Waals surface area contributed by atoms with Crippen LogP contribution in [-0.4, -0.2) is 39.2 Å². The number of nitrogens with one attached hydrogen (secondary N) is 1. The van der Waals surface area contributed by atoms with Crippen molar-refractivity contribution in [2.75, 3.05) is 19.2 Å². The van der Waals surface area contributed by atoms with Gasteiger partial charge in [-0.3, -0.25) is 0 Å². The summed E-state index contributed by atoms with van der Waals surface area (Å²) in [7, 11) is 1.65. The first-order valence-corrected chi connectivity index (χ1v) is 13.0. The third-order valence-corrected chi connectivity index (χ3v) is 7.38. The fourth-order valence-electron chi connectivity index (χ4n) is 5.48. The first-order valence-electron chi connectivity index (χ1n) is 13.0. The minimum Gasteiger partial charge on any atom is -0.497 e. The Bertz CT molecular complexity index is 1730. The molecule has 5 aromatic rings. The lowest BCUT2D eigenvalue weighted by atomic mass is 10.0. The number of hydrogen-bond acceptors (Lipinski definition) is 5. The van der Waals surface area contributed by atoms with Gasteiger partial charge in [-0.25, -0.2) is 9.48 Å². The highest BCUT2D eigenvalue weighted by Crippen LogP contribution is 2.40. The van der Waals surface area contributed by atoms with E-state index in [9.17, 15) is 4.79 Å².